The van der Waals surface area contributed by atoms with Gasteiger partial charge in [-0.2, -0.15) is 5.26 Å². The Morgan fingerprint density at radius 1 is 1.35 bits per heavy atom. The number of hydrogen-bond donors (Lipinski definition) is 3. The van der Waals surface area contributed by atoms with Gasteiger partial charge in [0.25, 0.3) is 0 Å². The van der Waals surface area contributed by atoms with Crippen LogP contribution in [0.3, 0.4) is 0 Å². The van der Waals surface area contributed by atoms with E-state index in [1.165, 1.54) is 0 Å². The van der Waals surface area contributed by atoms with Crippen molar-refractivity contribution >= 4 is 5.69 Å². The maximum atomic E-state index is 10.3. The predicted octanol–water partition coefficient (Wildman–Crippen LogP) is 1.08. The van der Waals surface area contributed by atoms with Crippen molar-refractivity contribution in [2.45, 2.75) is 18.4 Å². The summed E-state index contributed by atoms with van der Waals surface area (Å²) >= 11 is 0. The van der Waals surface area contributed by atoms with Crippen LogP contribution in [0.2, 0.25) is 0 Å². The van der Waals surface area contributed by atoms with Crippen LogP contribution in [0.5, 0.6) is 0 Å². The average Bonchev–Trinajstić information content (AvgIpc) is 2.38. The number of nitrogens with one attached hydrogen (secondary N) is 2. The van der Waals surface area contributed by atoms with Crippen LogP contribution < -0.4 is 10.6 Å². The average molecular weight is 231 g/mol. The van der Waals surface area contributed by atoms with Crippen LogP contribution in [0, 0.1) is 11.3 Å². The number of nitriles is 1. The maximum absolute atomic E-state index is 10.3. The molecule has 90 valence electrons. The minimum Gasteiger partial charge on any atom is -0.388 e. The van der Waals surface area contributed by atoms with Crippen LogP contribution in [-0.4, -0.2) is 30.3 Å². The van der Waals surface area contributed by atoms with E-state index in [2.05, 4.69) is 16.7 Å². The number of aliphatic hydroxyl groups is 1. The molecule has 2 rings (SSSR count). The van der Waals surface area contributed by atoms with Gasteiger partial charge in [0.2, 0.25) is 0 Å². The summed E-state index contributed by atoms with van der Waals surface area (Å²) in [5.74, 6) is 0. The Kier molecular flexibility index (Phi) is 3.62. The lowest BCUT2D eigenvalue weighted by molar-refractivity contribution is 0.0232. The fourth-order valence-corrected chi connectivity index (χ4v) is 2.06. The number of benzene rings is 1. The Morgan fingerprint density at radius 3 is 2.76 bits per heavy atom. The van der Waals surface area contributed by atoms with Gasteiger partial charge in [0.05, 0.1) is 16.9 Å². The monoisotopic (exact) mass is 231 g/mol. The van der Waals surface area contributed by atoms with Crippen LogP contribution in [0.15, 0.2) is 24.3 Å². The van der Waals surface area contributed by atoms with Crippen LogP contribution in [0.1, 0.15) is 18.4 Å². The zero-order valence-corrected chi connectivity index (χ0v) is 9.74. The molecule has 1 aromatic rings. The van der Waals surface area contributed by atoms with E-state index in [1.54, 1.807) is 6.07 Å². The first-order valence-electron chi connectivity index (χ1n) is 5.90. The van der Waals surface area contributed by atoms with E-state index in [1.807, 2.05) is 18.2 Å². The van der Waals surface area contributed by atoms with Crippen molar-refractivity contribution in [2.75, 3.05) is 25.0 Å². The number of anilines is 1. The highest BCUT2D eigenvalue weighted by atomic mass is 16.3. The summed E-state index contributed by atoms with van der Waals surface area (Å²) in [4.78, 5) is 0. The number of hydrogen-bond acceptors (Lipinski definition) is 4. The molecule has 0 bridgehead atoms. The fourth-order valence-electron chi connectivity index (χ4n) is 2.06. The lowest BCUT2D eigenvalue weighted by Crippen LogP contribution is -2.46. The second-order valence-electron chi connectivity index (χ2n) is 4.49. The molecule has 4 nitrogen and oxygen atoms in total. The van der Waals surface area contributed by atoms with Crippen molar-refractivity contribution in [1.82, 2.24) is 5.32 Å². The molecule has 0 unspecified atom stereocenters. The van der Waals surface area contributed by atoms with Crippen molar-refractivity contribution in [3.05, 3.63) is 29.8 Å². The van der Waals surface area contributed by atoms with Gasteiger partial charge < -0.3 is 15.7 Å². The largest absolute Gasteiger partial charge is 0.388 e. The number of para-hydroxylation sites is 1. The summed E-state index contributed by atoms with van der Waals surface area (Å²) < 4.78 is 0. The van der Waals surface area contributed by atoms with Crippen LogP contribution in [-0.2, 0) is 0 Å². The van der Waals surface area contributed by atoms with Crippen LogP contribution >= 0.6 is 0 Å². The van der Waals surface area contributed by atoms with Gasteiger partial charge >= 0.3 is 0 Å². The highest BCUT2D eigenvalue weighted by Crippen LogP contribution is 2.20. The molecule has 1 heterocycles. The Balaban J connectivity index is 2.00. The number of piperidine rings is 1. The minimum atomic E-state index is -0.659. The summed E-state index contributed by atoms with van der Waals surface area (Å²) in [6.07, 6.45) is 1.49. The molecule has 0 radical (unpaired) electrons. The van der Waals surface area contributed by atoms with Crippen molar-refractivity contribution in [3.63, 3.8) is 0 Å². The zero-order chi connectivity index (χ0) is 12.1. The van der Waals surface area contributed by atoms with Gasteiger partial charge in [0.15, 0.2) is 0 Å². The van der Waals surface area contributed by atoms with E-state index in [4.69, 9.17) is 5.26 Å². The maximum Gasteiger partial charge on any atom is 0.101 e. The molecule has 0 atom stereocenters. The first-order valence-corrected chi connectivity index (χ1v) is 5.90. The molecule has 1 fully saturated rings. The molecule has 4 heteroatoms. The fraction of sp³-hybridized carbons (Fsp3) is 0.462. The predicted molar refractivity (Wildman–Crippen MR) is 66.7 cm³/mol. The molecule has 1 saturated heterocycles. The van der Waals surface area contributed by atoms with E-state index in [9.17, 15) is 5.11 Å². The summed E-state index contributed by atoms with van der Waals surface area (Å²) in [6, 6.07) is 9.50. The molecule has 0 aromatic heterocycles. The van der Waals surface area contributed by atoms with Gasteiger partial charge in [0.1, 0.15) is 6.07 Å². The third-order valence-electron chi connectivity index (χ3n) is 3.19. The minimum absolute atomic E-state index is 0.493. The van der Waals surface area contributed by atoms with Gasteiger partial charge in [-0.25, -0.2) is 0 Å². The molecular formula is C13H17N3O. The Labute approximate surface area is 101 Å². The van der Waals surface area contributed by atoms with Crippen molar-refractivity contribution in [3.8, 4) is 6.07 Å². The van der Waals surface area contributed by atoms with E-state index in [-0.39, 0.29) is 0 Å². The molecule has 3 N–H and O–H groups in total. The van der Waals surface area contributed by atoms with E-state index >= 15 is 0 Å². The first-order chi connectivity index (χ1) is 8.23. The lowest BCUT2D eigenvalue weighted by atomic mass is 9.92. The standard InChI is InChI=1S/C13H17N3O/c14-9-11-3-1-2-4-12(11)16-10-13(17)5-7-15-8-6-13/h1-4,15-17H,5-8,10H2. The summed E-state index contributed by atoms with van der Waals surface area (Å²) in [5, 5.41) is 25.7. The Hall–Kier alpha value is -1.57. The normalized spacial score (nSPS) is 18.4. The van der Waals surface area contributed by atoms with E-state index in [0.717, 1.165) is 31.6 Å². The smallest absolute Gasteiger partial charge is 0.101 e. The molecule has 17 heavy (non-hydrogen) atoms. The third kappa shape index (κ3) is 2.96. The second kappa shape index (κ2) is 5.17. The van der Waals surface area contributed by atoms with Gasteiger partial charge in [0, 0.05) is 6.54 Å². The molecule has 0 amide bonds. The Morgan fingerprint density at radius 2 is 2.06 bits per heavy atom. The molecular weight excluding hydrogens is 214 g/mol. The SMILES string of the molecule is N#Cc1ccccc1NCC1(O)CCNCC1. The molecule has 1 aliphatic heterocycles. The summed E-state index contributed by atoms with van der Waals surface area (Å²) in [7, 11) is 0. The van der Waals surface area contributed by atoms with E-state index < -0.39 is 5.60 Å². The highest BCUT2D eigenvalue weighted by Gasteiger charge is 2.28. The van der Waals surface area contributed by atoms with Crippen molar-refractivity contribution in [2.24, 2.45) is 0 Å². The first kappa shape index (κ1) is 11.9. The van der Waals surface area contributed by atoms with Gasteiger partial charge in [-0.05, 0) is 38.1 Å². The molecule has 1 aliphatic rings. The lowest BCUT2D eigenvalue weighted by Gasteiger charge is -2.33. The third-order valence-corrected chi connectivity index (χ3v) is 3.19. The number of nitrogens with zero attached hydrogens (tertiary/aromatic N) is 1. The molecule has 0 spiro atoms. The highest BCUT2D eigenvalue weighted by molar-refractivity contribution is 5.57. The summed E-state index contributed by atoms with van der Waals surface area (Å²) in [5.41, 5.74) is 0.750. The van der Waals surface area contributed by atoms with Gasteiger partial charge in [-0.1, -0.05) is 12.1 Å². The van der Waals surface area contributed by atoms with Gasteiger partial charge in [-0.15, -0.1) is 0 Å². The number of rotatable bonds is 3. The van der Waals surface area contributed by atoms with E-state index in [0.29, 0.717) is 12.1 Å². The Bertz CT molecular complexity index is 419. The molecule has 1 aromatic carbocycles. The van der Waals surface area contributed by atoms with Crippen LogP contribution in [0.25, 0.3) is 0 Å². The zero-order valence-electron chi connectivity index (χ0n) is 9.74. The van der Waals surface area contributed by atoms with Crippen molar-refractivity contribution < 1.29 is 5.11 Å². The van der Waals surface area contributed by atoms with Gasteiger partial charge in [-0.3, -0.25) is 0 Å². The molecule has 0 aliphatic carbocycles. The second-order valence-corrected chi connectivity index (χ2v) is 4.49. The summed E-state index contributed by atoms with van der Waals surface area (Å²) in [6.45, 7) is 2.18. The quantitative estimate of drug-likeness (QED) is 0.728. The van der Waals surface area contributed by atoms with Crippen LogP contribution in [0.4, 0.5) is 5.69 Å². The molecule has 0 saturated carbocycles. The van der Waals surface area contributed by atoms with Crippen molar-refractivity contribution in [1.29, 1.82) is 5.26 Å². The topological polar surface area (TPSA) is 68.1 Å².